The maximum Gasteiger partial charge on any atom is 0.129 e. The molecule has 5 rings (SSSR count). The third kappa shape index (κ3) is 6.24. The van der Waals surface area contributed by atoms with Gasteiger partial charge in [0.2, 0.25) is 0 Å². The zero-order chi connectivity index (χ0) is 24.7. The average molecular weight is 473 g/mol. The van der Waals surface area contributed by atoms with Crippen LogP contribution in [0.3, 0.4) is 0 Å². The van der Waals surface area contributed by atoms with Crippen LogP contribution in [0.4, 0.5) is 11.4 Å². The molecule has 0 amide bonds. The van der Waals surface area contributed by atoms with Crippen molar-refractivity contribution in [3.05, 3.63) is 144 Å². The first-order valence-corrected chi connectivity index (χ1v) is 11.9. The quantitative estimate of drug-likeness (QED) is 0.228. The number of nitrogen functional groups attached to an aromatic ring is 2. The smallest absolute Gasteiger partial charge is 0.129 e. The Hall–Kier alpha value is -4.70. The Balaban J connectivity index is 1.19. The van der Waals surface area contributed by atoms with Crippen LogP contribution in [0.5, 0.6) is 23.0 Å². The van der Waals surface area contributed by atoms with Crippen molar-refractivity contribution >= 4 is 11.4 Å². The lowest BCUT2D eigenvalue weighted by Gasteiger charge is -2.09. The van der Waals surface area contributed by atoms with Crippen LogP contribution < -0.4 is 20.9 Å². The molecule has 36 heavy (non-hydrogen) atoms. The fourth-order valence-electron chi connectivity index (χ4n) is 4.10. The van der Waals surface area contributed by atoms with Crippen molar-refractivity contribution in [3.8, 4) is 23.0 Å². The molecule has 0 saturated carbocycles. The average Bonchev–Trinajstić information content (AvgIpc) is 2.87. The van der Waals surface area contributed by atoms with Gasteiger partial charge in [-0.15, -0.1) is 0 Å². The van der Waals surface area contributed by atoms with Crippen LogP contribution in [0, 0.1) is 0 Å². The fraction of sp³-hybridized carbons (Fsp3) is 0.0625. The first-order chi connectivity index (χ1) is 17.6. The summed E-state index contributed by atoms with van der Waals surface area (Å²) in [5.41, 5.74) is 18.1. The van der Waals surface area contributed by atoms with Crippen molar-refractivity contribution in [1.29, 1.82) is 0 Å². The van der Waals surface area contributed by atoms with E-state index in [0.29, 0.717) is 11.4 Å². The van der Waals surface area contributed by atoms with Crippen molar-refractivity contribution in [2.75, 3.05) is 11.5 Å². The van der Waals surface area contributed by atoms with Gasteiger partial charge in [-0.2, -0.15) is 0 Å². The predicted octanol–water partition coefficient (Wildman–Crippen LogP) is 7.62. The van der Waals surface area contributed by atoms with Gasteiger partial charge in [-0.25, -0.2) is 0 Å². The van der Waals surface area contributed by atoms with Gasteiger partial charge >= 0.3 is 0 Å². The van der Waals surface area contributed by atoms with E-state index in [4.69, 9.17) is 20.9 Å². The Morgan fingerprint density at radius 1 is 0.389 bits per heavy atom. The highest BCUT2D eigenvalue weighted by molar-refractivity contribution is 5.46. The molecule has 0 radical (unpaired) electrons. The minimum atomic E-state index is 0.686. The Morgan fingerprint density at radius 2 is 0.806 bits per heavy atom. The van der Waals surface area contributed by atoms with Gasteiger partial charge in [0.05, 0.1) is 0 Å². The lowest BCUT2D eigenvalue weighted by molar-refractivity contribution is 0.482. The highest BCUT2D eigenvalue weighted by atomic mass is 16.5. The number of ether oxygens (including phenoxy) is 2. The number of anilines is 2. The van der Waals surface area contributed by atoms with Crippen molar-refractivity contribution in [2.24, 2.45) is 0 Å². The summed E-state index contributed by atoms with van der Waals surface area (Å²) in [6, 6.07) is 40.0. The van der Waals surface area contributed by atoms with E-state index in [-0.39, 0.29) is 0 Å². The van der Waals surface area contributed by atoms with Crippen LogP contribution in [-0.4, -0.2) is 0 Å². The van der Waals surface area contributed by atoms with Gasteiger partial charge in [0, 0.05) is 23.5 Å². The van der Waals surface area contributed by atoms with Gasteiger partial charge in [-0.3, -0.25) is 0 Å². The Morgan fingerprint density at radius 3 is 1.22 bits per heavy atom. The molecule has 0 aliphatic rings. The second kappa shape index (κ2) is 10.7. The first-order valence-electron chi connectivity index (χ1n) is 11.9. The first kappa shape index (κ1) is 23.1. The zero-order valence-electron chi connectivity index (χ0n) is 19.9. The molecule has 4 heteroatoms. The molecule has 5 aromatic rings. The van der Waals surface area contributed by atoms with Crippen LogP contribution in [-0.2, 0) is 12.8 Å². The molecule has 4 N–H and O–H groups in total. The minimum absolute atomic E-state index is 0.686. The molecule has 0 aliphatic heterocycles. The van der Waals surface area contributed by atoms with Crippen molar-refractivity contribution in [1.82, 2.24) is 0 Å². The van der Waals surface area contributed by atoms with E-state index in [2.05, 4.69) is 48.5 Å². The van der Waals surface area contributed by atoms with E-state index in [1.807, 2.05) is 72.8 Å². The van der Waals surface area contributed by atoms with Gasteiger partial charge in [-0.1, -0.05) is 60.7 Å². The van der Waals surface area contributed by atoms with E-state index < -0.39 is 0 Å². The predicted molar refractivity (Wildman–Crippen MR) is 147 cm³/mol. The maximum atomic E-state index is 5.90. The fourth-order valence-corrected chi connectivity index (χ4v) is 4.10. The molecule has 5 aromatic carbocycles. The van der Waals surface area contributed by atoms with Crippen LogP contribution in [0.15, 0.2) is 121 Å². The van der Waals surface area contributed by atoms with Crippen LogP contribution in [0.2, 0.25) is 0 Å². The molecule has 0 unspecified atom stereocenters. The van der Waals surface area contributed by atoms with Gasteiger partial charge in [0.25, 0.3) is 0 Å². The summed E-state index contributed by atoms with van der Waals surface area (Å²) in [6.07, 6.45) is 1.72. The van der Waals surface area contributed by atoms with Gasteiger partial charge in [-0.05, 0) is 83.6 Å². The Labute approximate surface area is 211 Å². The maximum absolute atomic E-state index is 5.90. The summed E-state index contributed by atoms with van der Waals surface area (Å²) in [7, 11) is 0. The third-order valence-corrected chi connectivity index (χ3v) is 5.84. The number of rotatable bonds is 8. The normalized spacial score (nSPS) is 10.7. The summed E-state index contributed by atoms with van der Waals surface area (Å²) in [5, 5.41) is 0. The zero-order valence-corrected chi connectivity index (χ0v) is 19.9. The summed E-state index contributed by atoms with van der Waals surface area (Å²) in [4.78, 5) is 0. The SMILES string of the molecule is Nc1cccc(Oc2ccc(Cc3cccc(Cc4ccc(Oc5cccc(N)c5)cc4)c3)cc2)c1. The molecule has 4 nitrogen and oxygen atoms in total. The summed E-state index contributed by atoms with van der Waals surface area (Å²) in [6.45, 7) is 0. The second-order valence-electron chi connectivity index (χ2n) is 8.81. The molecular formula is C32H28N2O2. The summed E-state index contributed by atoms with van der Waals surface area (Å²) >= 11 is 0. The second-order valence-corrected chi connectivity index (χ2v) is 8.81. The monoisotopic (exact) mass is 472 g/mol. The lowest BCUT2D eigenvalue weighted by atomic mass is 9.99. The van der Waals surface area contributed by atoms with E-state index in [9.17, 15) is 0 Å². The van der Waals surface area contributed by atoms with Gasteiger partial charge in [0.1, 0.15) is 23.0 Å². The number of nitrogens with two attached hydrogens (primary N) is 2. The van der Waals surface area contributed by atoms with Crippen LogP contribution in [0.1, 0.15) is 22.3 Å². The van der Waals surface area contributed by atoms with E-state index in [0.717, 1.165) is 35.8 Å². The molecule has 0 spiro atoms. The number of hydrogen-bond acceptors (Lipinski definition) is 4. The number of benzene rings is 5. The standard InChI is InChI=1S/C32H28N2O2/c33-27-6-2-8-31(21-27)35-29-14-10-23(11-15-29)18-25-4-1-5-26(20-25)19-24-12-16-30(17-13-24)36-32-9-3-7-28(34)22-32/h1-17,20-22H,18-19,33-34H2. The summed E-state index contributed by atoms with van der Waals surface area (Å²) in [5.74, 6) is 3.06. The number of hydrogen-bond donors (Lipinski definition) is 2. The molecule has 0 heterocycles. The molecule has 0 aliphatic carbocycles. The topological polar surface area (TPSA) is 70.5 Å². The highest BCUT2D eigenvalue weighted by Crippen LogP contribution is 2.26. The molecule has 0 aromatic heterocycles. The molecule has 0 saturated heterocycles. The minimum Gasteiger partial charge on any atom is -0.457 e. The molecule has 178 valence electrons. The van der Waals surface area contributed by atoms with E-state index >= 15 is 0 Å². The highest BCUT2D eigenvalue weighted by Gasteiger charge is 2.04. The van der Waals surface area contributed by atoms with E-state index in [1.54, 1.807) is 0 Å². The molecular weight excluding hydrogens is 444 g/mol. The Bertz CT molecular complexity index is 1340. The lowest BCUT2D eigenvalue weighted by Crippen LogP contribution is -1.93. The van der Waals surface area contributed by atoms with Gasteiger partial charge in [0.15, 0.2) is 0 Å². The van der Waals surface area contributed by atoms with Crippen LogP contribution in [0.25, 0.3) is 0 Å². The Kier molecular flexibility index (Phi) is 6.86. The van der Waals surface area contributed by atoms with Crippen LogP contribution >= 0.6 is 0 Å². The summed E-state index contributed by atoms with van der Waals surface area (Å²) < 4.78 is 11.8. The van der Waals surface area contributed by atoms with Crippen molar-refractivity contribution < 1.29 is 9.47 Å². The largest absolute Gasteiger partial charge is 0.457 e. The van der Waals surface area contributed by atoms with E-state index in [1.165, 1.54) is 22.3 Å². The third-order valence-electron chi connectivity index (χ3n) is 5.84. The molecule has 0 fully saturated rings. The van der Waals surface area contributed by atoms with Crippen molar-refractivity contribution in [3.63, 3.8) is 0 Å². The van der Waals surface area contributed by atoms with Crippen molar-refractivity contribution in [2.45, 2.75) is 12.8 Å². The van der Waals surface area contributed by atoms with Gasteiger partial charge < -0.3 is 20.9 Å². The molecule has 0 atom stereocenters. The molecule has 0 bridgehead atoms.